The molecule has 0 bridgehead atoms. The molecule has 21 heavy (non-hydrogen) atoms. The lowest BCUT2D eigenvalue weighted by atomic mass is 9.86. The first kappa shape index (κ1) is 14.1. The molecule has 4 nitrogen and oxygen atoms in total. The quantitative estimate of drug-likeness (QED) is 0.895. The van der Waals surface area contributed by atoms with Gasteiger partial charge in [0.15, 0.2) is 0 Å². The van der Waals surface area contributed by atoms with E-state index in [2.05, 4.69) is 5.32 Å². The molecule has 1 spiro atoms. The van der Waals surface area contributed by atoms with Gasteiger partial charge in [0.1, 0.15) is 0 Å². The van der Waals surface area contributed by atoms with Crippen molar-refractivity contribution in [2.45, 2.75) is 51.0 Å². The van der Waals surface area contributed by atoms with Gasteiger partial charge >= 0.3 is 5.97 Å². The van der Waals surface area contributed by atoms with E-state index in [1.54, 1.807) is 24.3 Å². The molecule has 2 saturated carbocycles. The van der Waals surface area contributed by atoms with Gasteiger partial charge in [-0.15, -0.1) is 0 Å². The van der Waals surface area contributed by atoms with E-state index in [4.69, 9.17) is 5.11 Å². The van der Waals surface area contributed by atoms with Crippen LogP contribution in [-0.2, 0) is 11.2 Å². The van der Waals surface area contributed by atoms with Crippen LogP contribution < -0.4 is 5.32 Å². The molecule has 3 rings (SSSR count). The molecule has 0 aliphatic heterocycles. The minimum atomic E-state index is -0.941. The fourth-order valence-corrected chi connectivity index (χ4v) is 3.56. The van der Waals surface area contributed by atoms with E-state index >= 15 is 0 Å². The molecule has 0 heterocycles. The number of amides is 1. The fourth-order valence-electron chi connectivity index (χ4n) is 3.56. The van der Waals surface area contributed by atoms with Gasteiger partial charge < -0.3 is 10.4 Å². The highest BCUT2D eigenvalue weighted by atomic mass is 16.4. The van der Waals surface area contributed by atoms with Gasteiger partial charge in [0.25, 0.3) is 0 Å². The molecule has 2 aliphatic carbocycles. The molecule has 0 radical (unpaired) electrons. The van der Waals surface area contributed by atoms with Crippen LogP contribution in [0.15, 0.2) is 24.3 Å². The SMILES string of the molecule is O=C(Cc1ccc(C(=O)O)cc1)NC1CC12CCCCC2. The van der Waals surface area contributed by atoms with Gasteiger partial charge in [-0.3, -0.25) is 4.79 Å². The Balaban J connectivity index is 1.52. The topological polar surface area (TPSA) is 66.4 Å². The summed E-state index contributed by atoms with van der Waals surface area (Å²) in [5, 5.41) is 12.0. The van der Waals surface area contributed by atoms with E-state index in [0.29, 0.717) is 17.9 Å². The fraction of sp³-hybridized carbons (Fsp3) is 0.529. The van der Waals surface area contributed by atoms with Crippen molar-refractivity contribution in [2.24, 2.45) is 5.41 Å². The third kappa shape index (κ3) is 3.09. The minimum Gasteiger partial charge on any atom is -0.478 e. The highest BCUT2D eigenvalue weighted by Crippen LogP contribution is 2.56. The van der Waals surface area contributed by atoms with Crippen molar-refractivity contribution in [1.29, 1.82) is 0 Å². The smallest absolute Gasteiger partial charge is 0.335 e. The standard InChI is InChI=1S/C17H21NO3/c19-15(10-12-4-6-13(7-5-12)16(20)21)18-14-11-17(14)8-2-1-3-9-17/h4-7,14H,1-3,8-11H2,(H,18,19)(H,20,21). The molecule has 2 aliphatic rings. The van der Waals surface area contributed by atoms with Crippen LogP contribution in [0.2, 0.25) is 0 Å². The lowest BCUT2D eigenvalue weighted by Gasteiger charge is -2.22. The molecular weight excluding hydrogens is 266 g/mol. The highest BCUT2D eigenvalue weighted by molar-refractivity contribution is 5.87. The minimum absolute atomic E-state index is 0.0468. The molecule has 1 aromatic rings. The summed E-state index contributed by atoms with van der Waals surface area (Å²) in [5.41, 5.74) is 1.51. The zero-order chi connectivity index (χ0) is 14.9. The van der Waals surface area contributed by atoms with Gasteiger partial charge in [-0.1, -0.05) is 31.4 Å². The molecule has 1 atom stereocenters. The third-order valence-electron chi connectivity index (χ3n) is 4.94. The number of benzene rings is 1. The Morgan fingerprint density at radius 1 is 1.14 bits per heavy atom. The van der Waals surface area contributed by atoms with Crippen LogP contribution in [0.1, 0.15) is 54.4 Å². The average molecular weight is 287 g/mol. The molecule has 112 valence electrons. The number of nitrogens with one attached hydrogen (secondary N) is 1. The van der Waals surface area contributed by atoms with Crippen molar-refractivity contribution in [1.82, 2.24) is 5.32 Å². The van der Waals surface area contributed by atoms with Crippen LogP contribution >= 0.6 is 0 Å². The predicted octanol–water partition coefficient (Wildman–Crippen LogP) is 2.77. The van der Waals surface area contributed by atoms with Crippen LogP contribution in [-0.4, -0.2) is 23.0 Å². The normalized spacial score (nSPS) is 22.8. The summed E-state index contributed by atoms with van der Waals surface area (Å²) < 4.78 is 0. The summed E-state index contributed by atoms with van der Waals surface area (Å²) in [5.74, 6) is -0.895. The van der Waals surface area contributed by atoms with Crippen molar-refractivity contribution in [3.05, 3.63) is 35.4 Å². The Bertz CT molecular complexity index is 544. The third-order valence-corrected chi connectivity index (χ3v) is 4.94. The lowest BCUT2D eigenvalue weighted by molar-refractivity contribution is -0.120. The Morgan fingerprint density at radius 3 is 2.43 bits per heavy atom. The first-order valence-electron chi connectivity index (χ1n) is 7.71. The second-order valence-corrected chi connectivity index (χ2v) is 6.43. The second kappa shape index (κ2) is 5.51. The van der Waals surface area contributed by atoms with Crippen molar-refractivity contribution in [2.75, 3.05) is 0 Å². The van der Waals surface area contributed by atoms with Crippen molar-refractivity contribution in [3.63, 3.8) is 0 Å². The highest BCUT2D eigenvalue weighted by Gasteiger charge is 2.54. The first-order chi connectivity index (χ1) is 10.1. The van der Waals surface area contributed by atoms with Gasteiger partial charge in [0.05, 0.1) is 12.0 Å². The summed E-state index contributed by atoms with van der Waals surface area (Å²) in [7, 11) is 0. The lowest BCUT2D eigenvalue weighted by Crippen LogP contribution is -2.31. The maximum atomic E-state index is 12.1. The Hall–Kier alpha value is -1.84. The van der Waals surface area contributed by atoms with E-state index in [-0.39, 0.29) is 11.5 Å². The first-order valence-corrected chi connectivity index (χ1v) is 7.71. The van der Waals surface area contributed by atoms with Crippen molar-refractivity contribution >= 4 is 11.9 Å². The van der Waals surface area contributed by atoms with E-state index in [0.717, 1.165) is 12.0 Å². The number of carbonyl (C=O) groups is 2. The van der Waals surface area contributed by atoms with Crippen LogP contribution in [0.5, 0.6) is 0 Å². The van der Waals surface area contributed by atoms with Gasteiger partial charge in [0, 0.05) is 6.04 Å². The zero-order valence-electron chi connectivity index (χ0n) is 12.1. The maximum Gasteiger partial charge on any atom is 0.335 e. The number of hydrogen-bond acceptors (Lipinski definition) is 2. The van der Waals surface area contributed by atoms with E-state index in [1.807, 2.05) is 0 Å². The number of hydrogen-bond donors (Lipinski definition) is 2. The summed E-state index contributed by atoms with van der Waals surface area (Å²) in [6.45, 7) is 0. The molecule has 2 N–H and O–H groups in total. The second-order valence-electron chi connectivity index (χ2n) is 6.43. The van der Waals surface area contributed by atoms with Crippen LogP contribution in [0.3, 0.4) is 0 Å². The van der Waals surface area contributed by atoms with Crippen LogP contribution in [0, 0.1) is 5.41 Å². The van der Waals surface area contributed by atoms with Gasteiger partial charge in [0.2, 0.25) is 5.91 Å². The monoisotopic (exact) mass is 287 g/mol. The number of carbonyl (C=O) groups excluding carboxylic acids is 1. The molecule has 0 aromatic heterocycles. The molecular formula is C17H21NO3. The van der Waals surface area contributed by atoms with Crippen molar-refractivity contribution < 1.29 is 14.7 Å². The number of aromatic carboxylic acids is 1. The van der Waals surface area contributed by atoms with Crippen LogP contribution in [0.4, 0.5) is 0 Å². The molecule has 4 heteroatoms. The summed E-state index contributed by atoms with van der Waals surface area (Å²) in [6.07, 6.45) is 7.89. The number of carboxylic acid groups (broad SMARTS) is 1. The van der Waals surface area contributed by atoms with Gasteiger partial charge in [-0.2, -0.15) is 0 Å². The van der Waals surface area contributed by atoms with Crippen LogP contribution in [0.25, 0.3) is 0 Å². The van der Waals surface area contributed by atoms with Gasteiger partial charge in [-0.05, 0) is 42.4 Å². The van der Waals surface area contributed by atoms with E-state index < -0.39 is 5.97 Å². The summed E-state index contributed by atoms with van der Waals surface area (Å²) in [6, 6.07) is 6.89. The summed E-state index contributed by atoms with van der Waals surface area (Å²) in [4.78, 5) is 22.9. The molecule has 1 amide bonds. The van der Waals surface area contributed by atoms with E-state index in [1.165, 1.54) is 32.1 Å². The predicted molar refractivity (Wildman–Crippen MR) is 79.2 cm³/mol. The van der Waals surface area contributed by atoms with Gasteiger partial charge in [-0.25, -0.2) is 4.79 Å². The molecule has 2 fully saturated rings. The number of rotatable bonds is 4. The van der Waals surface area contributed by atoms with E-state index in [9.17, 15) is 9.59 Å². The van der Waals surface area contributed by atoms with Crippen molar-refractivity contribution in [3.8, 4) is 0 Å². The Kier molecular flexibility index (Phi) is 3.70. The molecule has 1 aromatic carbocycles. The number of carboxylic acids is 1. The Labute approximate surface area is 124 Å². The largest absolute Gasteiger partial charge is 0.478 e. The summed E-state index contributed by atoms with van der Waals surface area (Å²) >= 11 is 0. The molecule has 1 unspecified atom stereocenters. The maximum absolute atomic E-state index is 12.1. The molecule has 0 saturated heterocycles. The Morgan fingerprint density at radius 2 is 1.81 bits per heavy atom. The zero-order valence-corrected chi connectivity index (χ0v) is 12.1. The average Bonchev–Trinajstić information content (AvgIpc) is 3.11.